The monoisotopic (exact) mass is 316 g/mol. The van der Waals surface area contributed by atoms with Crippen LogP contribution in [-0.2, 0) is 11.8 Å². The Balaban J connectivity index is 1.53. The van der Waals surface area contributed by atoms with Crippen LogP contribution in [0.15, 0.2) is 12.4 Å². The van der Waals surface area contributed by atoms with E-state index < -0.39 is 0 Å². The van der Waals surface area contributed by atoms with Crippen molar-refractivity contribution in [2.24, 2.45) is 18.9 Å². The molecule has 5 heteroatoms. The smallest absolute Gasteiger partial charge is 0.227 e. The van der Waals surface area contributed by atoms with E-state index in [0.717, 1.165) is 25.6 Å². The highest BCUT2D eigenvalue weighted by molar-refractivity contribution is 5.81. The molecule has 1 saturated carbocycles. The molecule has 1 amide bonds. The van der Waals surface area contributed by atoms with Crippen LogP contribution in [0.1, 0.15) is 50.0 Å². The number of nitrogens with one attached hydrogen (secondary N) is 1. The van der Waals surface area contributed by atoms with Crippen LogP contribution in [0.2, 0.25) is 0 Å². The van der Waals surface area contributed by atoms with Crippen LogP contribution in [0.4, 0.5) is 0 Å². The molecule has 2 unspecified atom stereocenters. The Kier molecular flexibility index (Phi) is 4.14. The zero-order valence-corrected chi connectivity index (χ0v) is 14.1. The second kappa shape index (κ2) is 6.27. The Labute approximate surface area is 138 Å². The van der Waals surface area contributed by atoms with Gasteiger partial charge < -0.3 is 10.2 Å². The van der Waals surface area contributed by atoms with E-state index >= 15 is 0 Å². The molecule has 4 rings (SSSR count). The number of aromatic nitrogens is 2. The van der Waals surface area contributed by atoms with Gasteiger partial charge in [-0.2, -0.15) is 5.10 Å². The quantitative estimate of drug-likeness (QED) is 0.907. The third-order valence-electron chi connectivity index (χ3n) is 6.21. The first-order chi connectivity index (χ1) is 11.2. The van der Waals surface area contributed by atoms with E-state index in [2.05, 4.69) is 21.5 Å². The van der Waals surface area contributed by atoms with Gasteiger partial charge in [-0.1, -0.05) is 12.8 Å². The largest absolute Gasteiger partial charge is 0.339 e. The molecule has 5 nitrogen and oxygen atoms in total. The van der Waals surface area contributed by atoms with Gasteiger partial charge in [0.15, 0.2) is 0 Å². The number of amides is 1. The van der Waals surface area contributed by atoms with E-state index in [1.165, 1.54) is 44.1 Å². The lowest BCUT2D eigenvalue weighted by atomic mass is 9.77. The van der Waals surface area contributed by atoms with Crippen molar-refractivity contribution in [1.82, 2.24) is 20.0 Å². The summed E-state index contributed by atoms with van der Waals surface area (Å²) in [7, 11) is 1.94. The Hall–Kier alpha value is -1.36. The number of nitrogens with zero attached hydrogens (tertiary/aromatic N) is 3. The summed E-state index contributed by atoms with van der Waals surface area (Å²) in [6, 6.07) is 0.514. The van der Waals surface area contributed by atoms with Crippen molar-refractivity contribution < 1.29 is 4.79 Å². The number of fused-ring (bicyclic) bond motifs is 1. The minimum atomic E-state index is 0.0832. The molecule has 23 heavy (non-hydrogen) atoms. The number of piperidine rings is 1. The van der Waals surface area contributed by atoms with Crippen molar-refractivity contribution >= 4 is 5.91 Å². The summed E-state index contributed by atoms with van der Waals surface area (Å²) in [5, 5.41) is 7.73. The summed E-state index contributed by atoms with van der Waals surface area (Å²) < 4.78 is 1.84. The van der Waals surface area contributed by atoms with E-state index in [-0.39, 0.29) is 11.8 Å². The predicted octanol–water partition coefficient (Wildman–Crippen LogP) is 1.90. The average Bonchev–Trinajstić information content (AvgIpc) is 3.22. The zero-order valence-electron chi connectivity index (χ0n) is 14.1. The van der Waals surface area contributed by atoms with Crippen LogP contribution in [0, 0.1) is 11.8 Å². The van der Waals surface area contributed by atoms with Crippen LogP contribution < -0.4 is 5.32 Å². The molecule has 0 radical (unpaired) electrons. The van der Waals surface area contributed by atoms with Crippen LogP contribution in [0.5, 0.6) is 0 Å². The first-order valence-corrected chi connectivity index (χ1v) is 9.24. The van der Waals surface area contributed by atoms with E-state index in [0.29, 0.717) is 11.9 Å². The van der Waals surface area contributed by atoms with Gasteiger partial charge in [0.25, 0.3) is 0 Å². The van der Waals surface area contributed by atoms with Crippen molar-refractivity contribution in [3.63, 3.8) is 0 Å². The van der Waals surface area contributed by atoms with Crippen LogP contribution >= 0.6 is 0 Å². The Morgan fingerprint density at radius 1 is 1.22 bits per heavy atom. The van der Waals surface area contributed by atoms with Gasteiger partial charge in [-0.05, 0) is 37.2 Å². The standard InChI is InChI=1S/C18H28N4O/c1-21-12-14(9-20-21)15-10-19-11-16(15)18(23)22-8-4-6-13-5-2-3-7-17(13)22/h9,12-13,15-17,19H,2-8,10-11H2,1H3/t13?,15-,16+,17?/m1/s1. The topological polar surface area (TPSA) is 50.2 Å². The SMILES string of the molecule is Cn1cc([C@H]2CNC[C@@H]2C(=O)N2CCCC3CCCCC32)cn1. The lowest BCUT2D eigenvalue weighted by molar-refractivity contribution is -0.141. The number of aryl methyl sites for hydroxylation is 1. The lowest BCUT2D eigenvalue weighted by Crippen LogP contribution is -2.52. The first-order valence-electron chi connectivity index (χ1n) is 9.24. The molecule has 3 heterocycles. The number of hydrogen-bond donors (Lipinski definition) is 1. The second-order valence-corrected chi connectivity index (χ2v) is 7.60. The van der Waals surface area contributed by atoms with Gasteiger partial charge in [0.1, 0.15) is 0 Å². The number of likely N-dealkylation sites (tertiary alicyclic amines) is 1. The van der Waals surface area contributed by atoms with Crippen LogP contribution in [0.25, 0.3) is 0 Å². The lowest BCUT2D eigenvalue weighted by Gasteiger charge is -2.45. The molecular formula is C18H28N4O. The molecule has 0 spiro atoms. The van der Waals surface area contributed by atoms with Crippen molar-refractivity contribution in [2.75, 3.05) is 19.6 Å². The van der Waals surface area contributed by atoms with E-state index in [1.807, 2.05) is 17.9 Å². The summed E-state index contributed by atoms with van der Waals surface area (Å²) in [5.74, 6) is 1.51. The highest BCUT2D eigenvalue weighted by atomic mass is 16.2. The minimum absolute atomic E-state index is 0.0832. The maximum absolute atomic E-state index is 13.3. The normalized spacial score (nSPS) is 34.4. The Bertz CT molecular complexity index is 567. The molecule has 1 N–H and O–H groups in total. The molecule has 126 valence electrons. The minimum Gasteiger partial charge on any atom is -0.339 e. The Morgan fingerprint density at radius 3 is 2.87 bits per heavy atom. The molecular weight excluding hydrogens is 288 g/mol. The summed E-state index contributed by atoms with van der Waals surface area (Å²) in [6.45, 7) is 2.67. The number of hydrogen-bond acceptors (Lipinski definition) is 3. The predicted molar refractivity (Wildman–Crippen MR) is 89.0 cm³/mol. The highest BCUT2D eigenvalue weighted by Gasteiger charge is 2.42. The summed E-state index contributed by atoms with van der Waals surface area (Å²) in [6.07, 6.45) is 11.7. The van der Waals surface area contributed by atoms with Crippen molar-refractivity contribution in [3.05, 3.63) is 18.0 Å². The molecule has 1 aromatic rings. The van der Waals surface area contributed by atoms with Crippen molar-refractivity contribution in [1.29, 1.82) is 0 Å². The molecule has 0 aromatic carbocycles. The number of carbonyl (C=O) groups excluding carboxylic acids is 1. The summed E-state index contributed by atoms with van der Waals surface area (Å²) in [4.78, 5) is 15.6. The van der Waals surface area contributed by atoms with Crippen molar-refractivity contribution in [3.8, 4) is 0 Å². The van der Waals surface area contributed by atoms with Gasteiger partial charge in [-0.25, -0.2) is 0 Å². The van der Waals surface area contributed by atoms with E-state index in [4.69, 9.17) is 0 Å². The van der Waals surface area contributed by atoms with Gasteiger partial charge in [-0.3, -0.25) is 9.48 Å². The fraction of sp³-hybridized carbons (Fsp3) is 0.778. The van der Waals surface area contributed by atoms with Gasteiger partial charge in [-0.15, -0.1) is 0 Å². The molecule has 4 atom stereocenters. The van der Waals surface area contributed by atoms with Gasteiger partial charge in [0.2, 0.25) is 5.91 Å². The summed E-state index contributed by atoms with van der Waals surface area (Å²) in [5.41, 5.74) is 1.20. The van der Waals surface area contributed by atoms with E-state index in [1.54, 1.807) is 0 Å². The zero-order chi connectivity index (χ0) is 15.8. The maximum Gasteiger partial charge on any atom is 0.227 e. The highest BCUT2D eigenvalue weighted by Crippen LogP contribution is 2.38. The van der Waals surface area contributed by atoms with Gasteiger partial charge >= 0.3 is 0 Å². The maximum atomic E-state index is 13.3. The first kappa shape index (κ1) is 15.2. The van der Waals surface area contributed by atoms with Crippen LogP contribution in [-0.4, -0.2) is 46.3 Å². The second-order valence-electron chi connectivity index (χ2n) is 7.60. The number of carbonyl (C=O) groups is 1. The Morgan fingerprint density at radius 2 is 2.04 bits per heavy atom. The molecule has 2 saturated heterocycles. The number of rotatable bonds is 2. The van der Waals surface area contributed by atoms with Crippen LogP contribution in [0.3, 0.4) is 0 Å². The average molecular weight is 316 g/mol. The van der Waals surface area contributed by atoms with Crippen molar-refractivity contribution in [2.45, 2.75) is 50.5 Å². The van der Waals surface area contributed by atoms with E-state index in [9.17, 15) is 4.79 Å². The fourth-order valence-electron chi connectivity index (χ4n) is 5.03. The molecule has 3 aliphatic rings. The van der Waals surface area contributed by atoms with Gasteiger partial charge in [0, 0.05) is 44.8 Å². The molecule has 3 fully saturated rings. The van der Waals surface area contributed by atoms with Gasteiger partial charge in [0.05, 0.1) is 12.1 Å². The summed E-state index contributed by atoms with van der Waals surface area (Å²) >= 11 is 0. The third kappa shape index (κ3) is 2.80. The molecule has 2 aliphatic heterocycles. The molecule has 1 aliphatic carbocycles. The fourth-order valence-corrected chi connectivity index (χ4v) is 5.03. The third-order valence-corrected chi connectivity index (χ3v) is 6.21. The molecule has 0 bridgehead atoms. The molecule has 1 aromatic heterocycles.